The Balaban J connectivity index is 2.24. The Morgan fingerprint density at radius 3 is 2.86 bits per heavy atom. The maximum absolute atomic E-state index is 12.6. The molecule has 1 saturated heterocycles. The molecule has 114 valence electrons. The third-order valence-electron chi connectivity index (χ3n) is 3.34. The minimum atomic E-state index is -0.600. The van der Waals surface area contributed by atoms with E-state index in [1.807, 2.05) is 0 Å². The fraction of sp³-hybridized carbons (Fsp3) is 0.429. The predicted octanol–water partition coefficient (Wildman–Crippen LogP) is 1.04. The van der Waals surface area contributed by atoms with Gasteiger partial charge >= 0.3 is 0 Å². The highest BCUT2D eigenvalue weighted by Gasteiger charge is 2.32. The summed E-state index contributed by atoms with van der Waals surface area (Å²) in [5.74, 6) is 0.224. The molecule has 0 radical (unpaired) electrons. The second kappa shape index (κ2) is 6.91. The van der Waals surface area contributed by atoms with E-state index >= 15 is 0 Å². The van der Waals surface area contributed by atoms with Crippen LogP contribution in [-0.2, 0) is 9.53 Å². The molecule has 2 rings (SSSR count). The van der Waals surface area contributed by atoms with Gasteiger partial charge in [-0.3, -0.25) is 9.59 Å². The first kappa shape index (κ1) is 15.8. The van der Waals surface area contributed by atoms with Crippen LogP contribution in [-0.4, -0.2) is 56.7 Å². The van der Waals surface area contributed by atoms with E-state index in [2.05, 4.69) is 21.2 Å². The SMILES string of the molecule is CNC(=O)C1COCCN1C(=O)c1ccc(OC)c(Br)c1. The first-order chi connectivity index (χ1) is 10.1. The van der Waals surface area contributed by atoms with Gasteiger partial charge < -0.3 is 19.7 Å². The highest BCUT2D eigenvalue weighted by atomic mass is 79.9. The Kier molecular flexibility index (Phi) is 5.19. The summed E-state index contributed by atoms with van der Waals surface area (Å²) in [4.78, 5) is 26.0. The monoisotopic (exact) mass is 356 g/mol. The number of carbonyl (C=O) groups excluding carboxylic acids is 2. The molecule has 0 bridgehead atoms. The summed E-state index contributed by atoms with van der Waals surface area (Å²) in [5, 5.41) is 2.56. The Bertz CT molecular complexity index is 550. The van der Waals surface area contributed by atoms with E-state index in [1.165, 1.54) is 4.90 Å². The van der Waals surface area contributed by atoms with Crippen LogP contribution >= 0.6 is 15.9 Å². The summed E-state index contributed by atoms with van der Waals surface area (Å²) >= 11 is 3.36. The number of nitrogens with one attached hydrogen (secondary N) is 1. The van der Waals surface area contributed by atoms with E-state index in [0.29, 0.717) is 28.9 Å². The predicted molar refractivity (Wildman–Crippen MR) is 80.4 cm³/mol. The molecule has 1 aromatic rings. The van der Waals surface area contributed by atoms with Gasteiger partial charge in [0.25, 0.3) is 5.91 Å². The second-order valence-electron chi connectivity index (χ2n) is 4.55. The van der Waals surface area contributed by atoms with Crippen molar-refractivity contribution in [2.75, 3.05) is 33.9 Å². The number of amides is 2. The third kappa shape index (κ3) is 3.36. The summed E-state index contributed by atoms with van der Waals surface area (Å²) in [6.45, 7) is 1.03. The molecule has 1 aromatic carbocycles. The molecule has 0 saturated carbocycles. The molecule has 1 unspecified atom stereocenters. The van der Waals surface area contributed by atoms with Crippen LogP contribution in [0.4, 0.5) is 0 Å². The van der Waals surface area contributed by atoms with Crippen LogP contribution in [0, 0.1) is 0 Å². The van der Waals surface area contributed by atoms with Crippen LogP contribution in [0.5, 0.6) is 5.75 Å². The van der Waals surface area contributed by atoms with Crippen molar-refractivity contribution in [1.82, 2.24) is 10.2 Å². The molecule has 21 heavy (non-hydrogen) atoms. The van der Waals surface area contributed by atoms with Crippen molar-refractivity contribution in [1.29, 1.82) is 0 Å². The highest BCUT2D eigenvalue weighted by Crippen LogP contribution is 2.26. The zero-order valence-electron chi connectivity index (χ0n) is 11.9. The van der Waals surface area contributed by atoms with Gasteiger partial charge in [-0.2, -0.15) is 0 Å². The molecule has 0 aliphatic carbocycles. The third-order valence-corrected chi connectivity index (χ3v) is 3.96. The second-order valence-corrected chi connectivity index (χ2v) is 5.41. The number of carbonyl (C=O) groups is 2. The van der Waals surface area contributed by atoms with E-state index in [0.717, 1.165) is 0 Å². The topological polar surface area (TPSA) is 67.9 Å². The Morgan fingerprint density at radius 2 is 2.24 bits per heavy atom. The standard InChI is InChI=1S/C14H17BrN2O4/c1-16-13(18)11-8-21-6-5-17(11)14(19)9-3-4-12(20-2)10(15)7-9/h3-4,7,11H,5-6,8H2,1-2H3,(H,16,18). The molecular weight excluding hydrogens is 340 g/mol. The van der Waals surface area contributed by atoms with Gasteiger partial charge in [-0.15, -0.1) is 0 Å². The lowest BCUT2D eigenvalue weighted by Crippen LogP contribution is -2.55. The number of nitrogens with zero attached hydrogens (tertiary/aromatic N) is 1. The summed E-state index contributed by atoms with van der Waals surface area (Å²) in [6.07, 6.45) is 0. The number of methoxy groups -OCH3 is 1. The minimum absolute atomic E-state index is 0.199. The van der Waals surface area contributed by atoms with Crippen LogP contribution in [0.2, 0.25) is 0 Å². The molecule has 1 aliphatic heterocycles. The first-order valence-corrected chi connectivity index (χ1v) is 7.31. The minimum Gasteiger partial charge on any atom is -0.496 e. The molecular formula is C14H17BrN2O4. The van der Waals surface area contributed by atoms with E-state index in [9.17, 15) is 9.59 Å². The van der Waals surface area contributed by atoms with Gasteiger partial charge in [0, 0.05) is 19.2 Å². The fourth-order valence-electron chi connectivity index (χ4n) is 2.20. The number of rotatable bonds is 3. The molecule has 1 N–H and O–H groups in total. The zero-order valence-corrected chi connectivity index (χ0v) is 13.5. The lowest BCUT2D eigenvalue weighted by molar-refractivity contribution is -0.130. The average Bonchev–Trinajstić information content (AvgIpc) is 2.53. The lowest BCUT2D eigenvalue weighted by Gasteiger charge is -2.34. The van der Waals surface area contributed by atoms with Crippen LogP contribution in [0.15, 0.2) is 22.7 Å². The van der Waals surface area contributed by atoms with Crippen LogP contribution in [0.1, 0.15) is 10.4 Å². The smallest absolute Gasteiger partial charge is 0.254 e. The van der Waals surface area contributed by atoms with Gasteiger partial charge in [0.2, 0.25) is 5.91 Å². The highest BCUT2D eigenvalue weighted by molar-refractivity contribution is 9.10. The first-order valence-electron chi connectivity index (χ1n) is 6.52. The van der Waals surface area contributed by atoms with E-state index in [-0.39, 0.29) is 18.4 Å². The zero-order chi connectivity index (χ0) is 15.4. The summed E-state index contributed by atoms with van der Waals surface area (Å²) in [7, 11) is 3.11. The number of hydrogen-bond donors (Lipinski definition) is 1. The number of benzene rings is 1. The van der Waals surface area contributed by atoms with Crippen LogP contribution in [0.25, 0.3) is 0 Å². The van der Waals surface area contributed by atoms with Crippen molar-refractivity contribution >= 4 is 27.7 Å². The molecule has 0 spiro atoms. The molecule has 1 fully saturated rings. The van der Waals surface area contributed by atoms with Gasteiger partial charge in [-0.25, -0.2) is 0 Å². The van der Waals surface area contributed by atoms with E-state index in [4.69, 9.17) is 9.47 Å². The Labute approximate surface area is 131 Å². The number of ether oxygens (including phenoxy) is 2. The molecule has 1 heterocycles. The van der Waals surface area contributed by atoms with Gasteiger partial charge in [-0.1, -0.05) is 0 Å². The molecule has 6 nitrogen and oxygen atoms in total. The van der Waals surface area contributed by atoms with Crippen molar-refractivity contribution in [2.45, 2.75) is 6.04 Å². The maximum atomic E-state index is 12.6. The maximum Gasteiger partial charge on any atom is 0.254 e. The normalized spacial score (nSPS) is 18.2. The summed E-state index contributed by atoms with van der Waals surface area (Å²) in [6, 6.07) is 4.49. The van der Waals surface area contributed by atoms with Crippen molar-refractivity contribution < 1.29 is 19.1 Å². The number of morpholine rings is 1. The Morgan fingerprint density at radius 1 is 1.48 bits per heavy atom. The van der Waals surface area contributed by atoms with Crippen LogP contribution < -0.4 is 10.1 Å². The summed E-state index contributed by atoms with van der Waals surface area (Å²) in [5.41, 5.74) is 0.499. The number of likely N-dealkylation sites (N-methyl/N-ethyl adjacent to an activating group) is 1. The summed E-state index contributed by atoms with van der Waals surface area (Å²) < 4.78 is 11.1. The van der Waals surface area contributed by atoms with E-state index < -0.39 is 6.04 Å². The number of hydrogen-bond acceptors (Lipinski definition) is 4. The molecule has 1 atom stereocenters. The van der Waals surface area contributed by atoms with E-state index in [1.54, 1.807) is 32.4 Å². The Hall–Kier alpha value is -1.60. The molecule has 1 aliphatic rings. The number of halogens is 1. The van der Waals surface area contributed by atoms with Gasteiger partial charge in [-0.05, 0) is 34.1 Å². The van der Waals surface area contributed by atoms with Crippen molar-refractivity contribution in [3.05, 3.63) is 28.2 Å². The van der Waals surface area contributed by atoms with Gasteiger partial charge in [0.05, 0.1) is 24.8 Å². The quantitative estimate of drug-likeness (QED) is 0.878. The van der Waals surface area contributed by atoms with Crippen LogP contribution in [0.3, 0.4) is 0 Å². The van der Waals surface area contributed by atoms with Gasteiger partial charge in [0.15, 0.2) is 0 Å². The van der Waals surface area contributed by atoms with Crippen molar-refractivity contribution in [3.8, 4) is 5.75 Å². The van der Waals surface area contributed by atoms with Gasteiger partial charge in [0.1, 0.15) is 11.8 Å². The molecule has 7 heteroatoms. The fourth-order valence-corrected chi connectivity index (χ4v) is 2.74. The van der Waals surface area contributed by atoms with Crippen molar-refractivity contribution in [3.63, 3.8) is 0 Å². The lowest BCUT2D eigenvalue weighted by atomic mass is 10.1. The largest absolute Gasteiger partial charge is 0.496 e. The molecule has 2 amide bonds. The molecule has 0 aromatic heterocycles. The van der Waals surface area contributed by atoms with Crippen molar-refractivity contribution in [2.24, 2.45) is 0 Å². The average molecular weight is 357 g/mol.